The fraction of sp³-hybridized carbons (Fsp3) is 0.353. The molecule has 1 N–H and O–H groups in total. The molecule has 0 saturated carbocycles. The number of carbonyl (C=O) groups is 3. The molecule has 1 aromatic carbocycles. The van der Waals surface area contributed by atoms with E-state index in [1.54, 1.807) is 20.2 Å². The molecule has 1 aliphatic heterocycles. The van der Waals surface area contributed by atoms with Crippen molar-refractivity contribution in [1.82, 2.24) is 9.88 Å². The highest BCUT2D eigenvalue weighted by Crippen LogP contribution is 2.22. The van der Waals surface area contributed by atoms with Crippen LogP contribution < -0.4 is 0 Å². The molecule has 0 bridgehead atoms. The zero-order chi connectivity index (χ0) is 16.6. The van der Waals surface area contributed by atoms with Crippen LogP contribution in [0.15, 0.2) is 30.5 Å². The number of likely N-dealkylation sites (tertiary alicyclic amines) is 1. The predicted molar refractivity (Wildman–Crippen MR) is 83.9 cm³/mol. The van der Waals surface area contributed by atoms with Crippen molar-refractivity contribution in [2.75, 3.05) is 13.6 Å². The van der Waals surface area contributed by atoms with E-state index in [0.29, 0.717) is 12.1 Å². The van der Waals surface area contributed by atoms with E-state index in [0.717, 1.165) is 10.9 Å². The van der Waals surface area contributed by atoms with E-state index < -0.39 is 18.0 Å². The summed E-state index contributed by atoms with van der Waals surface area (Å²) in [6.07, 6.45) is 0.885. The number of ether oxygens (including phenoxy) is 1. The van der Waals surface area contributed by atoms with Gasteiger partial charge in [0.1, 0.15) is 0 Å². The molecule has 1 aromatic heterocycles. The topological polar surface area (TPSA) is 79.5 Å². The number of aromatic nitrogens is 1. The van der Waals surface area contributed by atoms with Crippen molar-refractivity contribution in [2.24, 2.45) is 5.92 Å². The van der Waals surface area contributed by atoms with Gasteiger partial charge in [-0.05, 0) is 13.0 Å². The first-order valence-corrected chi connectivity index (χ1v) is 7.52. The number of benzene rings is 1. The van der Waals surface area contributed by atoms with Crippen molar-refractivity contribution in [3.63, 3.8) is 0 Å². The maximum absolute atomic E-state index is 12.5. The largest absolute Gasteiger partial charge is 0.454 e. The number of hydrogen-bond donors (Lipinski definition) is 1. The Bertz CT molecular complexity index is 780. The van der Waals surface area contributed by atoms with Gasteiger partial charge in [0.15, 0.2) is 6.10 Å². The third-order valence-electron chi connectivity index (χ3n) is 4.19. The summed E-state index contributed by atoms with van der Waals surface area (Å²) in [6.45, 7) is 1.90. The molecule has 0 unspecified atom stereocenters. The van der Waals surface area contributed by atoms with Gasteiger partial charge in [-0.2, -0.15) is 0 Å². The highest BCUT2D eigenvalue weighted by Gasteiger charge is 2.35. The Morgan fingerprint density at radius 3 is 2.78 bits per heavy atom. The highest BCUT2D eigenvalue weighted by atomic mass is 16.5. The first-order chi connectivity index (χ1) is 11.0. The van der Waals surface area contributed by atoms with Crippen LogP contribution in [-0.2, 0) is 14.3 Å². The summed E-state index contributed by atoms with van der Waals surface area (Å²) in [5.41, 5.74) is 1.36. The first-order valence-electron chi connectivity index (χ1n) is 7.52. The van der Waals surface area contributed by atoms with Crippen molar-refractivity contribution in [3.05, 3.63) is 36.0 Å². The molecular weight excluding hydrogens is 296 g/mol. The van der Waals surface area contributed by atoms with Crippen LogP contribution in [0.1, 0.15) is 23.7 Å². The minimum atomic E-state index is -0.886. The van der Waals surface area contributed by atoms with E-state index >= 15 is 0 Å². The van der Waals surface area contributed by atoms with Crippen LogP contribution in [0.5, 0.6) is 0 Å². The lowest BCUT2D eigenvalue weighted by molar-refractivity contribution is -0.151. The quantitative estimate of drug-likeness (QED) is 0.689. The van der Waals surface area contributed by atoms with Crippen LogP contribution in [0.3, 0.4) is 0 Å². The van der Waals surface area contributed by atoms with Crippen LogP contribution in [0, 0.1) is 5.92 Å². The maximum Gasteiger partial charge on any atom is 0.311 e. The third kappa shape index (κ3) is 2.84. The number of H-pyrrole nitrogens is 1. The monoisotopic (exact) mass is 314 g/mol. The molecule has 23 heavy (non-hydrogen) atoms. The van der Waals surface area contributed by atoms with Gasteiger partial charge in [0.25, 0.3) is 0 Å². The number of rotatable bonds is 4. The molecule has 1 amide bonds. The van der Waals surface area contributed by atoms with Crippen molar-refractivity contribution in [3.8, 4) is 0 Å². The third-order valence-corrected chi connectivity index (χ3v) is 4.19. The molecule has 2 aromatic rings. The van der Waals surface area contributed by atoms with Crippen LogP contribution in [-0.4, -0.2) is 47.2 Å². The van der Waals surface area contributed by atoms with Gasteiger partial charge in [0.2, 0.25) is 11.7 Å². The number of carbonyl (C=O) groups excluding carboxylic acids is 3. The second-order valence-corrected chi connectivity index (χ2v) is 5.87. The van der Waals surface area contributed by atoms with Gasteiger partial charge in [0.05, 0.1) is 5.92 Å². The highest BCUT2D eigenvalue weighted by molar-refractivity contribution is 6.10. The SMILES string of the molecule is C[C@@H](OC(=O)[C@@H]1CC(=O)N(C)C1)C(=O)c1c[nH]c2ccccc12. The summed E-state index contributed by atoms with van der Waals surface area (Å²) >= 11 is 0. The number of Topliss-reactive ketones (excluding diaryl/α,β-unsaturated/α-hetero) is 1. The number of fused-ring (bicyclic) bond motifs is 1. The average molecular weight is 314 g/mol. The maximum atomic E-state index is 12.5. The zero-order valence-electron chi connectivity index (χ0n) is 13.0. The molecule has 0 radical (unpaired) electrons. The van der Waals surface area contributed by atoms with E-state index in [9.17, 15) is 14.4 Å². The summed E-state index contributed by atoms with van der Waals surface area (Å²) in [7, 11) is 1.65. The van der Waals surface area contributed by atoms with Gasteiger partial charge in [-0.3, -0.25) is 14.4 Å². The summed E-state index contributed by atoms with van der Waals surface area (Å²) in [5.74, 6) is -1.33. The van der Waals surface area contributed by atoms with Gasteiger partial charge >= 0.3 is 5.97 Å². The Kier molecular flexibility index (Phi) is 3.90. The molecule has 0 spiro atoms. The average Bonchev–Trinajstić information content (AvgIpc) is 3.10. The van der Waals surface area contributed by atoms with Crippen molar-refractivity contribution in [1.29, 1.82) is 0 Å². The second kappa shape index (κ2) is 5.87. The van der Waals surface area contributed by atoms with Gasteiger partial charge in [-0.1, -0.05) is 18.2 Å². The molecule has 120 valence electrons. The molecule has 0 aliphatic carbocycles. The van der Waals surface area contributed by atoms with Gasteiger partial charge in [-0.15, -0.1) is 0 Å². The standard InChI is InChI=1S/C17H18N2O4/c1-10(23-17(22)11-7-15(20)19(2)9-11)16(21)13-8-18-14-6-4-3-5-12(13)14/h3-6,8,10-11,18H,7,9H2,1-2H3/t10-,11-/m1/s1. The minimum Gasteiger partial charge on any atom is -0.454 e. The van der Waals surface area contributed by atoms with E-state index in [1.165, 1.54) is 4.90 Å². The number of amides is 1. The Morgan fingerprint density at radius 2 is 2.09 bits per heavy atom. The molecular formula is C17H18N2O4. The van der Waals surface area contributed by atoms with E-state index in [2.05, 4.69) is 4.98 Å². The molecule has 1 aliphatic rings. The lowest BCUT2D eigenvalue weighted by Gasteiger charge is -2.15. The van der Waals surface area contributed by atoms with Crippen molar-refractivity contribution in [2.45, 2.75) is 19.4 Å². The lowest BCUT2D eigenvalue weighted by Crippen LogP contribution is -2.29. The summed E-state index contributed by atoms with van der Waals surface area (Å²) in [4.78, 5) is 40.7. The van der Waals surface area contributed by atoms with Crippen LogP contribution in [0.2, 0.25) is 0 Å². The fourth-order valence-corrected chi connectivity index (χ4v) is 2.84. The summed E-state index contributed by atoms with van der Waals surface area (Å²) in [6, 6.07) is 7.45. The van der Waals surface area contributed by atoms with Crippen LogP contribution >= 0.6 is 0 Å². The molecule has 1 fully saturated rings. The Labute approximate surface area is 133 Å². The second-order valence-electron chi connectivity index (χ2n) is 5.87. The number of aromatic amines is 1. The van der Waals surface area contributed by atoms with Crippen molar-refractivity contribution < 1.29 is 19.1 Å². The van der Waals surface area contributed by atoms with Crippen LogP contribution in [0.25, 0.3) is 10.9 Å². The zero-order valence-corrected chi connectivity index (χ0v) is 13.0. The van der Waals surface area contributed by atoms with Gasteiger partial charge in [0, 0.05) is 42.7 Å². The number of para-hydroxylation sites is 1. The normalized spacial score (nSPS) is 19.1. The Balaban J connectivity index is 1.70. The van der Waals surface area contributed by atoms with Crippen LogP contribution in [0.4, 0.5) is 0 Å². The molecule has 2 atom stereocenters. The molecule has 6 heteroatoms. The molecule has 1 saturated heterocycles. The molecule has 2 heterocycles. The van der Waals surface area contributed by atoms with Gasteiger partial charge < -0.3 is 14.6 Å². The van der Waals surface area contributed by atoms with E-state index in [-0.39, 0.29) is 18.1 Å². The predicted octanol–water partition coefficient (Wildman–Crippen LogP) is 1.76. The Morgan fingerprint density at radius 1 is 1.35 bits per heavy atom. The van der Waals surface area contributed by atoms with E-state index in [4.69, 9.17) is 4.74 Å². The smallest absolute Gasteiger partial charge is 0.311 e. The Hall–Kier alpha value is -2.63. The minimum absolute atomic E-state index is 0.0810. The molecule has 6 nitrogen and oxygen atoms in total. The fourth-order valence-electron chi connectivity index (χ4n) is 2.84. The number of esters is 1. The number of nitrogens with zero attached hydrogens (tertiary/aromatic N) is 1. The summed E-state index contributed by atoms with van der Waals surface area (Å²) < 4.78 is 5.28. The number of nitrogens with one attached hydrogen (secondary N) is 1. The number of ketones is 1. The first kappa shape index (κ1) is 15.3. The number of hydrogen-bond acceptors (Lipinski definition) is 4. The summed E-state index contributed by atoms with van der Waals surface area (Å²) in [5, 5.41) is 0.802. The molecule has 3 rings (SSSR count). The van der Waals surface area contributed by atoms with Gasteiger partial charge in [-0.25, -0.2) is 0 Å². The lowest BCUT2D eigenvalue weighted by atomic mass is 10.1. The van der Waals surface area contributed by atoms with Crippen molar-refractivity contribution >= 4 is 28.6 Å². The van der Waals surface area contributed by atoms with E-state index in [1.807, 2.05) is 24.3 Å².